The van der Waals surface area contributed by atoms with Gasteiger partial charge in [-0.2, -0.15) is 0 Å². The van der Waals surface area contributed by atoms with Gasteiger partial charge in [-0.15, -0.1) is 12.4 Å². The highest BCUT2D eigenvalue weighted by molar-refractivity contribution is 5.90. The predicted molar refractivity (Wildman–Crippen MR) is 385 cm³/mol. The molecule has 1 aromatic heterocycles. The van der Waals surface area contributed by atoms with E-state index in [1.165, 1.54) is 66.9 Å². The number of nitro benzene ring substituents is 3. The third-order valence-electron chi connectivity index (χ3n) is 13.9. The van der Waals surface area contributed by atoms with Crippen molar-refractivity contribution < 1.29 is 102 Å². The van der Waals surface area contributed by atoms with Crippen LogP contribution in [-0.2, 0) is 33.2 Å². The Kier molecular flexibility index (Phi) is 38.9. The summed E-state index contributed by atoms with van der Waals surface area (Å²) in [4.78, 5) is 117. The predicted octanol–water partition coefficient (Wildman–Crippen LogP) is 12.4. The number of aryl methyl sites for hydroxylation is 1. The Morgan fingerprint density at radius 2 is 0.837 bits per heavy atom. The molecule has 0 aliphatic carbocycles. The zero-order chi connectivity index (χ0) is 78.3. The number of likely N-dealkylation sites (tertiary alicyclic amines) is 2. The van der Waals surface area contributed by atoms with E-state index in [1.807, 2.05) is 41.5 Å². The number of esters is 2. The fourth-order valence-electron chi connectivity index (χ4n) is 9.72. The van der Waals surface area contributed by atoms with Gasteiger partial charge in [0.05, 0.1) is 56.4 Å². The van der Waals surface area contributed by atoms with Crippen LogP contribution in [0.3, 0.4) is 0 Å². The molecule has 3 aromatic carbocycles. The summed E-state index contributed by atoms with van der Waals surface area (Å²) < 4.78 is 35.3. The minimum Gasteiger partial charge on any atom is -0.506 e. The maximum absolute atomic E-state index is 12.3. The number of rotatable bonds is 8. The minimum atomic E-state index is -1.09. The van der Waals surface area contributed by atoms with Crippen LogP contribution < -0.4 is 10.6 Å². The number of amides is 2. The van der Waals surface area contributed by atoms with Gasteiger partial charge < -0.3 is 74.0 Å². The summed E-state index contributed by atoms with van der Waals surface area (Å²) in [7, 11) is 0. The molecule has 5 heterocycles. The second-order valence-electron chi connectivity index (χ2n) is 29.3. The van der Waals surface area contributed by atoms with Crippen molar-refractivity contribution in [3.05, 3.63) is 144 Å². The Bertz CT molecular complexity index is 3300. The molecule has 4 fully saturated rings. The van der Waals surface area contributed by atoms with Crippen molar-refractivity contribution in [2.45, 2.75) is 190 Å². The summed E-state index contributed by atoms with van der Waals surface area (Å²) in [5, 5.41) is 73.4. The number of aromatic nitrogens is 1. The number of nitrogens with one attached hydrogen (secondary N) is 2. The lowest BCUT2D eigenvalue weighted by Crippen LogP contribution is -2.48. The van der Waals surface area contributed by atoms with Crippen molar-refractivity contribution in [2.75, 3.05) is 52.4 Å². The molecular formula is C71H105ClN8O24. The average Bonchev–Trinajstić information content (AvgIpc) is 0.853. The van der Waals surface area contributed by atoms with Gasteiger partial charge >= 0.3 is 42.4 Å². The number of carbonyl (C=O) groups is 7. The summed E-state index contributed by atoms with van der Waals surface area (Å²) in [6.07, 6.45) is 2.34. The van der Waals surface area contributed by atoms with Crippen molar-refractivity contribution in [1.82, 2.24) is 25.4 Å². The Hall–Kier alpha value is -9.37. The van der Waals surface area contributed by atoms with E-state index in [9.17, 15) is 69.0 Å². The molecule has 4 saturated heterocycles. The van der Waals surface area contributed by atoms with Gasteiger partial charge in [0.15, 0.2) is 0 Å². The fourth-order valence-corrected chi connectivity index (χ4v) is 9.72. The van der Waals surface area contributed by atoms with E-state index >= 15 is 0 Å². The lowest BCUT2D eigenvalue weighted by molar-refractivity contribution is -0.385. The van der Waals surface area contributed by atoms with E-state index < -0.39 is 85.7 Å². The second kappa shape index (κ2) is 43.7. The lowest BCUT2D eigenvalue weighted by Gasteiger charge is -2.36. The number of piperidine rings is 4. The average molecular weight is 1490 g/mol. The van der Waals surface area contributed by atoms with Crippen LogP contribution >= 0.6 is 12.4 Å². The van der Waals surface area contributed by atoms with Crippen LogP contribution in [0.4, 0.5) is 36.2 Å². The number of ether oxygens (including phenoxy) is 7. The standard InChI is InChI=1S/C18H24N2O6.C13H16N2O4.C11H21NO3.C10H18O5.C7H5NO4.C6H13NO.C6H7NO.ClH/c1-12-9-15(11-19(10-12)17(22)26-18(2,3)4)25-16(21)13-5-7-14(8-6-13)20(23)24;1-9-6-12(8-14-7-9)19-13(16)10-2-4-11(5-3-10)15(17)18;1-8-5-9(13)7-12(6-8)10(14)15-11(2,3)4;1-9(2,3)14-7(11)13-8(12)15-10(4,5)6;9-7(10)5-1-3-6(4-2-5)8(11)12;2*1-5-2-6(8)4-7-3-5;/h5-8,12,15H,9-11H2,1-4H3;2-5,9,12,14H,6-8H2,1H3;8-9,13H,5-7H2,1-4H3;1-6H3;1-4H,(H,9,10);5-8H,2-4H2,1H3;2-4,8H,1H3;1H/t12-,15-;9-,12-;8-,9+;;;;;/m000...../s1. The number of aromatic hydroxyl groups is 1. The maximum Gasteiger partial charge on any atom is 0.519 e. The second-order valence-corrected chi connectivity index (χ2v) is 29.3. The van der Waals surface area contributed by atoms with Gasteiger partial charge in [-0.3, -0.25) is 35.3 Å². The number of β-amino-alcohol motifs (C(OH)–C–C–N with tert-alkyl or cyclic N) is 2. The number of non-ortho nitro benzene ring substituents is 3. The van der Waals surface area contributed by atoms with Crippen molar-refractivity contribution in [2.24, 2.45) is 23.7 Å². The number of hydrogen-bond acceptors (Lipinski definition) is 26. The van der Waals surface area contributed by atoms with Gasteiger partial charge in [-0.25, -0.2) is 33.6 Å². The SMILES string of the molecule is CC(C)(C)OC(=O)OC(=O)OC(C)(C)C.CC1CNCC(O)C1.C[C@@H]1CNC[C@@H](OC(=O)c2ccc([N+](=O)[O-])cc2)C1.C[C@H]1C[C@@H](O)CN(C(=O)OC(C)(C)C)C1.C[C@H]1C[C@H](OC(=O)c2ccc([N+](=O)[O-])cc2)CN(C(=O)OC(C)(C)C)C1.Cc1cncc(O)c1.Cl.O=C(O)c1ccc([N+](=O)[O-])cc1. The zero-order valence-electron chi connectivity index (χ0n) is 62.3. The number of aromatic carboxylic acids is 1. The molecule has 32 nitrogen and oxygen atoms in total. The van der Waals surface area contributed by atoms with Crippen molar-refractivity contribution in [3.8, 4) is 5.75 Å². The summed E-state index contributed by atoms with van der Waals surface area (Å²) in [5.41, 5.74) is -1.11. The number of carbonyl (C=O) groups excluding carboxylic acids is 6. The Morgan fingerprint density at radius 3 is 1.16 bits per heavy atom. The molecular weight excluding hydrogens is 1380 g/mol. The largest absolute Gasteiger partial charge is 0.519 e. The normalized spacial score (nSPS) is 19.8. The van der Waals surface area contributed by atoms with Crippen LogP contribution in [0.15, 0.2) is 91.3 Å². The zero-order valence-corrected chi connectivity index (χ0v) is 63.1. The summed E-state index contributed by atoms with van der Waals surface area (Å²) in [6, 6.07) is 17.0. The van der Waals surface area contributed by atoms with Crippen molar-refractivity contribution >= 4 is 71.9 Å². The first-order valence-corrected chi connectivity index (χ1v) is 33.4. The fraction of sp³-hybridized carbons (Fsp3) is 0.577. The quantitative estimate of drug-likeness (QED) is 0.0314. The molecule has 2 amide bonds. The summed E-state index contributed by atoms with van der Waals surface area (Å²) in [6.45, 7) is 36.4. The number of halogens is 1. The molecule has 6 N–H and O–H groups in total. The van der Waals surface area contributed by atoms with Gasteiger partial charge in [0.25, 0.3) is 17.1 Å². The van der Waals surface area contributed by atoms with E-state index in [4.69, 9.17) is 43.7 Å². The van der Waals surface area contributed by atoms with Gasteiger partial charge in [0.1, 0.15) is 40.4 Å². The van der Waals surface area contributed by atoms with Crippen LogP contribution in [0.25, 0.3) is 0 Å². The molecule has 0 spiro atoms. The molecule has 104 heavy (non-hydrogen) atoms. The molecule has 580 valence electrons. The molecule has 8 rings (SSSR count). The monoisotopic (exact) mass is 1490 g/mol. The lowest BCUT2D eigenvalue weighted by atomic mass is 9.98. The first kappa shape index (κ1) is 92.6. The number of nitro groups is 3. The van der Waals surface area contributed by atoms with Crippen LogP contribution in [0.2, 0.25) is 0 Å². The molecule has 4 aliphatic rings. The highest BCUT2D eigenvalue weighted by Gasteiger charge is 2.34. The van der Waals surface area contributed by atoms with E-state index in [0.29, 0.717) is 55.9 Å². The van der Waals surface area contributed by atoms with Gasteiger partial charge in [0.2, 0.25) is 0 Å². The van der Waals surface area contributed by atoms with Crippen LogP contribution in [-0.4, -0.2) is 192 Å². The Labute approximate surface area is 612 Å². The number of benzene rings is 3. The number of hydrogen-bond donors (Lipinski definition) is 6. The van der Waals surface area contributed by atoms with Gasteiger partial charge in [0, 0.05) is 75.3 Å². The van der Waals surface area contributed by atoms with Crippen LogP contribution in [0.5, 0.6) is 5.75 Å². The minimum absolute atomic E-state index is 0. The number of aliphatic hydroxyl groups excluding tert-OH is 2. The van der Waals surface area contributed by atoms with E-state index in [0.717, 1.165) is 56.6 Å². The van der Waals surface area contributed by atoms with E-state index in [2.05, 4.69) is 34.2 Å². The highest BCUT2D eigenvalue weighted by atomic mass is 35.5. The number of nitrogens with zero attached hydrogens (tertiary/aromatic N) is 6. The van der Waals surface area contributed by atoms with Gasteiger partial charge in [-0.05, 0) is 200 Å². The van der Waals surface area contributed by atoms with Crippen LogP contribution in [0, 0.1) is 60.9 Å². The molecule has 33 heteroatoms. The number of carboxylic acids is 1. The molecule has 0 saturated carbocycles. The molecule has 8 atom stereocenters. The Balaban J connectivity index is 0.000000626. The first-order valence-electron chi connectivity index (χ1n) is 33.4. The molecule has 2 unspecified atom stereocenters. The van der Waals surface area contributed by atoms with E-state index in [1.54, 1.807) is 84.4 Å². The summed E-state index contributed by atoms with van der Waals surface area (Å²) in [5.74, 6) is -0.247. The maximum atomic E-state index is 12.3. The molecule has 0 bridgehead atoms. The van der Waals surface area contributed by atoms with Gasteiger partial charge in [-0.1, -0.05) is 27.7 Å². The smallest absolute Gasteiger partial charge is 0.506 e. The third-order valence-corrected chi connectivity index (χ3v) is 13.9. The topological polar surface area (TPSA) is 438 Å². The van der Waals surface area contributed by atoms with E-state index in [-0.39, 0.29) is 77.1 Å². The van der Waals surface area contributed by atoms with Crippen molar-refractivity contribution in [3.63, 3.8) is 0 Å². The number of pyridine rings is 1. The highest BCUT2D eigenvalue weighted by Crippen LogP contribution is 2.25. The molecule has 0 radical (unpaired) electrons. The Morgan fingerprint density at radius 1 is 0.481 bits per heavy atom. The summed E-state index contributed by atoms with van der Waals surface area (Å²) >= 11 is 0. The molecule has 4 aromatic rings. The number of carboxylic acid groups (broad SMARTS) is 1. The van der Waals surface area contributed by atoms with Crippen LogP contribution in [0.1, 0.15) is 173 Å². The first-order chi connectivity index (χ1) is 47.6. The molecule has 4 aliphatic heterocycles. The number of aliphatic hydroxyl groups is 2. The third kappa shape index (κ3) is 40.5. The van der Waals surface area contributed by atoms with Crippen molar-refractivity contribution in [1.29, 1.82) is 0 Å².